The van der Waals surface area contributed by atoms with Crippen LogP contribution in [0.3, 0.4) is 0 Å². The molecule has 1 amide bonds. The second kappa shape index (κ2) is 7.26. The third kappa shape index (κ3) is 3.33. The molecule has 26 heavy (non-hydrogen) atoms. The fourth-order valence-electron chi connectivity index (χ4n) is 3.67. The van der Waals surface area contributed by atoms with Gasteiger partial charge in [0.25, 0.3) is 5.91 Å². The Bertz CT molecular complexity index is 842. The van der Waals surface area contributed by atoms with Crippen LogP contribution in [0.2, 0.25) is 0 Å². The Labute approximate surface area is 154 Å². The second-order valence-electron chi connectivity index (χ2n) is 6.95. The first-order valence-electron chi connectivity index (χ1n) is 9.11. The number of rotatable bonds is 3. The highest BCUT2D eigenvalue weighted by molar-refractivity contribution is 6.05. The molecule has 132 valence electrons. The van der Waals surface area contributed by atoms with Gasteiger partial charge in [-0.1, -0.05) is 54.6 Å². The van der Waals surface area contributed by atoms with Gasteiger partial charge >= 0.3 is 0 Å². The monoisotopic (exact) mass is 345 g/mol. The fourth-order valence-corrected chi connectivity index (χ4v) is 3.67. The van der Waals surface area contributed by atoms with E-state index in [-0.39, 0.29) is 11.9 Å². The Hall–Kier alpha value is -2.72. The van der Waals surface area contributed by atoms with E-state index in [1.54, 1.807) is 5.01 Å². The number of nitrogens with zero attached hydrogens (tertiary/aromatic N) is 3. The van der Waals surface area contributed by atoms with E-state index in [1.165, 1.54) is 5.57 Å². The van der Waals surface area contributed by atoms with Crippen LogP contribution in [-0.4, -0.2) is 47.7 Å². The van der Waals surface area contributed by atoms with Gasteiger partial charge in [0.15, 0.2) is 0 Å². The third-order valence-corrected chi connectivity index (χ3v) is 5.04. The largest absolute Gasteiger partial charge is 0.302 e. The molecule has 0 saturated carbocycles. The maximum Gasteiger partial charge on any atom is 0.274 e. The molecule has 0 aliphatic carbocycles. The van der Waals surface area contributed by atoms with E-state index in [0.717, 1.165) is 37.2 Å². The van der Waals surface area contributed by atoms with Gasteiger partial charge in [0.1, 0.15) is 0 Å². The van der Waals surface area contributed by atoms with Crippen molar-refractivity contribution in [2.45, 2.75) is 18.9 Å². The van der Waals surface area contributed by atoms with E-state index in [4.69, 9.17) is 5.10 Å². The normalized spacial score (nSPS) is 20.7. The Morgan fingerprint density at radius 3 is 2.42 bits per heavy atom. The standard InChI is InChI=1S/C22H23N3O/c1-24-14-8-13-19(16-24)21-15-20(17-9-4-2-5-10-17)23-25(21)22(26)18-11-6-3-7-12-18/h2-7,9-13,21H,8,14-16H2,1H3. The molecule has 2 aromatic carbocycles. The molecule has 0 fully saturated rings. The van der Waals surface area contributed by atoms with Crippen LogP contribution in [0.15, 0.2) is 77.4 Å². The molecule has 4 nitrogen and oxygen atoms in total. The average Bonchev–Trinajstić information content (AvgIpc) is 3.14. The molecule has 2 heterocycles. The Morgan fingerprint density at radius 2 is 1.73 bits per heavy atom. The number of amides is 1. The molecule has 0 radical (unpaired) electrons. The van der Waals surface area contributed by atoms with Gasteiger partial charge in [-0.05, 0) is 36.7 Å². The molecule has 1 atom stereocenters. The Kier molecular flexibility index (Phi) is 4.67. The Morgan fingerprint density at radius 1 is 1.04 bits per heavy atom. The summed E-state index contributed by atoms with van der Waals surface area (Å²) >= 11 is 0. The van der Waals surface area contributed by atoms with E-state index >= 15 is 0 Å². The number of hydrogen-bond acceptors (Lipinski definition) is 3. The molecular formula is C22H23N3O. The minimum atomic E-state index is -0.0318. The van der Waals surface area contributed by atoms with Crippen molar-refractivity contribution in [3.8, 4) is 0 Å². The molecule has 1 unspecified atom stereocenters. The van der Waals surface area contributed by atoms with Gasteiger partial charge in [-0.15, -0.1) is 0 Å². The lowest BCUT2D eigenvalue weighted by molar-refractivity contribution is 0.0729. The van der Waals surface area contributed by atoms with Crippen molar-refractivity contribution >= 4 is 11.6 Å². The number of carbonyl (C=O) groups is 1. The van der Waals surface area contributed by atoms with E-state index in [1.807, 2.05) is 48.5 Å². The highest BCUT2D eigenvalue weighted by Gasteiger charge is 2.35. The molecule has 0 N–H and O–H groups in total. The van der Waals surface area contributed by atoms with Crippen molar-refractivity contribution in [2.75, 3.05) is 20.1 Å². The van der Waals surface area contributed by atoms with Gasteiger partial charge in [-0.3, -0.25) is 4.79 Å². The highest BCUT2D eigenvalue weighted by Crippen LogP contribution is 2.29. The molecule has 4 heteroatoms. The van der Waals surface area contributed by atoms with Gasteiger partial charge in [-0.2, -0.15) is 5.10 Å². The van der Waals surface area contributed by atoms with Crippen LogP contribution in [0.25, 0.3) is 0 Å². The first kappa shape index (κ1) is 16.7. The number of benzene rings is 2. The van der Waals surface area contributed by atoms with Crippen molar-refractivity contribution in [1.82, 2.24) is 9.91 Å². The molecule has 2 aliphatic heterocycles. The summed E-state index contributed by atoms with van der Waals surface area (Å²) in [5.41, 5.74) is 4.04. The average molecular weight is 345 g/mol. The summed E-state index contributed by atoms with van der Waals surface area (Å²) in [4.78, 5) is 15.4. The summed E-state index contributed by atoms with van der Waals surface area (Å²) < 4.78 is 0. The van der Waals surface area contributed by atoms with Crippen molar-refractivity contribution in [3.63, 3.8) is 0 Å². The minimum absolute atomic E-state index is 0.000613. The quantitative estimate of drug-likeness (QED) is 0.798. The van der Waals surface area contributed by atoms with Crippen molar-refractivity contribution in [2.24, 2.45) is 5.10 Å². The summed E-state index contributed by atoms with van der Waals surface area (Å²) in [5, 5.41) is 6.45. The molecule has 4 rings (SSSR count). The van der Waals surface area contributed by atoms with E-state index < -0.39 is 0 Å². The summed E-state index contributed by atoms with van der Waals surface area (Å²) in [7, 11) is 2.13. The highest BCUT2D eigenvalue weighted by atomic mass is 16.2. The molecule has 0 spiro atoms. The number of hydrogen-bond donors (Lipinski definition) is 0. The van der Waals surface area contributed by atoms with Crippen molar-refractivity contribution in [1.29, 1.82) is 0 Å². The van der Waals surface area contributed by atoms with Gasteiger partial charge in [-0.25, -0.2) is 5.01 Å². The van der Waals surface area contributed by atoms with Crippen LogP contribution in [0, 0.1) is 0 Å². The van der Waals surface area contributed by atoms with Gasteiger partial charge in [0.05, 0.1) is 11.8 Å². The SMILES string of the molecule is CN1CCC=C(C2CC(c3ccccc3)=NN2C(=O)c2ccccc2)C1. The molecule has 0 bridgehead atoms. The lowest BCUT2D eigenvalue weighted by atomic mass is 9.95. The van der Waals surface area contributed by atoms with Crippen LogP contribution in [0.5, 0.6) is 0 Å². The second-order valence-corrected chi connectivity index (χ2v) is 6.95. The lowest BCUT2D eigenvalue weighted by Crippen LogP contribution is -2.39. The predicted molar refractivity (Wildman–Crippen MR) is 104 cm³/mol. The Balaban J connectivity index is 1.69. The minimum Gasteiger partial charge on any atom is -0.302 e. The van der Waals surface area contributed by atoms with Gasteiger partial charge < -0.3 is 4.90 Å². The van der Waals surface area contributed by atoms with E-state index in [9.17, 15) is 4.79 Å². The van der Waals surface area contributed by atoms with Crippen LogP contribution in [-0.2, 0) is 0 Å². The fraction of sp³-hybridized carbons (Fsp3) is 0.273. The number of likely N-dealkylation sites (N-methyl/N-ethyl adjacent to an activating group) is 1. The van der Waals surface area contributed by atoms with Gasteiger partial charge in [0, 0.05) is 25.1 Å². The molecular weight excluding hydrogens is 322 g/mol. The van der Waals surface area contributed by atoms with Crippen LogP contribution in [0.4, 0.5) is 0 Å². The molecule has 0 aromatic heterocycles. The predicted octanol–water partition coefficient (Wildman–Crippen LogP) is 3.57. The zero-order valence-corrected chi connectivity index (χ0v) is 15.0. The first-order valence-corrected chi connectivity index (χ1v) is 9.11. The van der Waals surface area contributed by atoms with E-state index in [2.05, 4.69) is 30.2 Å². The molecule has 2 aliphatic rings. The zero-order chi connectivity index (χ0) is 17.9. The van der Waals surface area contributed by atoms with Crippen molar-refractivity contribution in [3.05, 3.63) is 83.4 Å². The summed E-state index contributed by atoms with van der Waals surface area (Å²) in [6, 6.07) is 19.6. The summed E-state index contributed by atoms with van der Waals surface area (Å²) in [6.07, 6.45) is 4.08. The lowest BCUT2D eigenvalue weighted by Gasteiger charge is -2.30. The molecule has 2 aromatic rings. The van der Waals surface area contributed by atoms with Crippen LogP contribution < -0.4 is 0 Å². The number of hydrazone groups is 1. The topological polar surface area (TPSA) is 35.9 Å². The van der Waals surface area contributed by atoms with E-state index in [0.29, 0.717) is 5.56 Å². The smallest absolute Gasteiger partial charge is 0.274 e. The first-order chi connectivity index (χ1) is 12.7. The van der Waals surface area contributed by atoms with Crippen LogP contribution >= 0.6 is 0 Å². The number of carbonyl (C=O) groups excluding carboxylic acids is 1. The zero-order valence-electron chi connectivity index (χ0n) is 15.0. The maximum atomic E-state index is 13.1. The third-order valence-electron chi connectivity index (χ3n) is 5.04. The van der Waals surface area contributed by atoms with Crippen molar-refractivity contribution < 1.29 is 4.79 Å². The molecule has 0 saturated heterocycles. The van der Waals surface area contributed by atoms with Gasteiger partial charge in [0.2, 0.25) is 0 Å². The van der Waals surface area contributed by atoms with Crippen LogP contribution in [0.1, 0.15) is 28.8 Å². The summed E-state index contributed by atoms with van der Waals surface area (Å²) in [6.45, 7) is 1.95. The maximum absolute atomic E-state index is 13.1. The summed E-state index contributed by atoms with van der Waals surface area (Å²) in [5.74, 6) is -0.0318.